The fraction of sp³-hybridized carbons (Fsp3) is 0.654. The van der Waals surface area contributed by atoms with Crippen molar-refractivity contribution >= 4 is 17.5 Å². The molecule has 1 spiro atoms. The van der Waals surface area contributed by atoms with E-state index in [4.69, 9.17) is 0 Å². The second-order valence-corrected chi connectivity index (χ2v) is 10.8. The Bertz CT molecular complexity index is 1030. The standard InChI is InChI=1S/C26H31F3N4O2/c27-26(28,29)21-13-20(8-5-18(21)15-30)33-16-25(14-22(33)23(34)31-19-6-7-19)9-11-32(12-10-25)24(35)17-3-1-2-4-17/h5,8,13,17,19,22H,1-4,6-7,9-12,14,16H2,(H,31,34). The SMILES string of the molecule is N#Cc1ccc(N2CC3(CCN(C(=O)C4CCCC4)CC3)CC2C(=O)NC2CC2)cc1C(F)(F)F. The summed E-state index contributed by atoms with van der Waals surface area (Å²) in [6, 6.07) is 4.93. The molecule has 1 aromatic rings. The fourth-order valence-electron chi connectivity index (χ4n) is 6.12. The van der Waals surface area contributed by atoms with Gasteiger partial charge in [-0.25, -0.2) is 0 Å². The second-order valence-electron chi connectivity index (χ2n) is 10.8. The zero-order chi connectivity index (χ0) is 24.8. The van der Waals surface area contributed by atoms with Gasteiger partial charge in [-0.2, -0.15) is 18.4 Å². The van der Waals surface area contributed by atoms with E-state index in [0.717, 1.165) is 57.4 Å². The Hall–Kier alpha value is -2.76. The molecule has 1 aromatic carbocycles. The number of hydrogen-bond acceptors (Lipinski definition) is 4. The maximum atomic E-state index is 13.6. The summed E-state index contributed by atoms with van der Waals surface area (Å²) in [5.74, 6) is 0.213. The first-order valence-electron chi connectivity index (χ1n) is 12.7. The quantitative estimate of drug-likeness (QED) is 0.688. The number of carbonyl (C=O) groups is 2. The molecule has 0 radical (unpaired) electrons. The summed E-state index contributed by atoms with van der Waals surface area (Å²) in [5, 5.41) is 12.2. The number of alkyl halides is 3. The van der Waals surface area contributed by atoms with Crippen molar-refractivity contribution in [3.05, 3.63) is 29.3 Å². The Morgan fingerprint density at radius 3 is 2.37 bits per heavy atom. The smallest absolute Gasteiger partial charge is 0.359 e. The van der Waals surface area contributed by atoms with Crippen LogP contribution in [0, 0.1) is 22.7 Å². The lowest BCUT2D eigenvalue weighted by atomic mass is 9.76. The molecule has 9 heteroatoms. The molecule has 6 nitrogen and oxygen atoms in total. The molecule has 35 heavy (non-hydrogen) atoms. The van der Waals surface area contributed by atoms with E-state index in [0.29, 0.717) is 31.7 Å². The number of nitrogens with one attached hydrogen (secondary N) is 1. The van der Waals surface area contributed by atoms with Crippen LogP contribution in [0.1, 0.15) is 68.9 Å². The number of rotatable bonds is 4. The van der Waals surface area contributed by atoms with Gasteiger partial charge >= 0.3 is 6.18 Å². The molecule has 2 aliphatic carbocycles. The van der Waals surface area contributed by atoms with Crippen molar-refractivity contribution in [1.82, 2.24) is 10.2 Å². The van der Waals surface area contributed by atoms with Crippen LogP contribution in [0.4, 0.5) is 18.9 Å². The first kappa shape index (κ1) is 24.0. The van der Waals surface area contributed by atoms with Crippen molar-refractivity contribution in [2.24, 2.45) is 11.3 Å². The molecular weight excluding hydrogens is 457 g/mol. The molecule has 2 saturated carbocycles. The van der Waals surface area contributed by atoms with E-state index in [1.807, 2.05) is 4.90 Å². The largest absolute Gasteiger partial charge is 0.417 e. The molecule has 2 amide bonds. The van der Waals surface area contributed by atoms with Gasteiger partial charge in [0.1, 0.15) is 6.04 Å². The number of piperidine rings is 1. The lowest BCUT2D eigenvalue weighted by Crippen LogP contribution is -2.46. The molecule has 2 heterocycles. The van der Waals surface area contributed by atoms with E-state index < -0.39 is 23.3 Å². The second kappa shape index (κ2) is 9.03. The van der Waals surface area contributed by atoms with Gasteiger partial charge in [-0.15, -0.1) is 0 Å². The molecular formula is C26H31F3N4O2. The average Bonchev–Trinajstić information content (AvgIpc) is 3.33. The topological polar surface area (TPSA) is 76.4 Å². The van der Waals surface area contributed by atoms with Crippen LogP contribution in [-0.2, 0) is 15.8 Å². The minimum Gasteiger partial charge on any atom is -0.359 e. The lowest BCUT2D eigenvalue weighted by Gasteiger charge is -2.40. The van der Waals surface area contributed by atoms with Gasteiger partial charge in [-0.1, -0.05) is 12.8 Å². The Labute approximate surface area is 203 Å². The van der Waals surface area contributed by atoms with E-state index in [2.05, 4.69) is 5.32 Å². The first-order valence-corrected chi connectivity index (χ1v) is 12.7. The van der Waals surface area contributed by atoms with E-state index >= 15 is 0 Å². The summed E-state index contributed by atoms with van der Waals surface area (Å²) in [6.45, 7) is 1.72. The number of likely N-dealkylation sites (tertiary alicyclic amines) is 1. The molecule has 4 fully saturated rings. The van der Waals surface area contributed by atoms with Crippen LogP contribution >= 0.6 is 0 Å². The van der Waals surface area contributed by atoms with Crippen molar-refractivity contribution in [3.63, 3.8) is 0 Å². The van der Waals surface area contributed by atoms with E-state index in [9.17, 15) is 28.0 Å². The van der Waals surface area contributed by atoms with Crippen LogP contribution in [0.25, 0.3) is 0 Å². The first-order chi connectivity index (χ1) is 16.7. The Balaban J connectivity index is 1.38. The van der Waals surface area contributed by atoms with Crippen molar-refractivity contribution in [3.8, 4) is 6.07 Å². The highest BCUT2D eigenvalue weighted by molar-refractivity contribution is 5.87. The number of carbonyl (C=O) groups excluding carboxylic acids is 2. The molecule has 1 atom stereocenters. The van der Waals surface area contributed by atoms with Gasteiger partial charge in [-0.3, -0.25) is 9.59 Å². The molecule has 2 aliphatic heterocycles. The molecule has 4 aliphatic rings. The monoisotopic (exact) mass is 488 g/mol. The third kappa shape index (κ3) is 4.85. The number of halogens is 3. The van der Waals surface area contributed by atoms with Crippen molar-refractivity contribution < 1.29 is 22.8 Å². The van der Waals surface area contributed by atoms with Crippen molar-refractivity contribution in [2.75, 3.05) is 24.5 Å². The van der Waals surface area contributed by atoms with Gasteiger partial charge in [0.2, 0.25) is 11.8 Å². The summed E-state index contributed by atoms with van der Waals surface area (Å²) in [7, 11) is 0. The Kier molecular flexibility index (Phi) is 6.18. The van der Waals surface area contributed by atoms with Gasteiger partial charge < -0.3 is 15.1 Å². The van der Waals surface area contributed by atoms with Gasteiger partial charge in [0, 0.05) is 37.3 Å². The van der Waals surface area contributed by atoms with E-state index in [1.54, 1.807) is 11.0 Å². The average molecular weight is 489 g/mol. The summed E-state index contributed by atoms with van der Waals surface area (Å²) >= 11 is 0. The Morgan fingerprint density at radius 2 is 1.77 bits per heavy atom. The number of benzene rings is 1. The maximum Gasteiger partial charge on any atom is 0.417 e. The zero-order valence-electron chi connectivity index (χ0n) is 19.7. The minimum absolute atomic E-state index is 0.126. The van der Waals surface area contributed by atoms with Crippen molar-refractivity contribution in [2.45, 2.75) is 76.0 Å². The van der Waals surface area contributed by atoms with Crippen LogP contribution in [0.5, 0.6) is 0 Å². The number of nitrogens with zero attached hydrogens (tertiary/aromatic N) is 3. The van der Waals surface area contributed by atoms with Gasteiger partial charge in [0.15, 0.2) is 0 Å². The summed E-state index contributed by atoms with van der Waals surface area (Å²) in [6.07, 6.45) is 3.34. The molecule has 0 bridgehead atoms. The highest BCUT2D eigenvalue weighted by Gasteiger charge is 2.50. The van der Waals surface area contributed by atoms with E-state index in [-0.39, 0.29) is 29.2 Å². The van der Waals surface area contributed by atoms with Crippen LogP contribution in [-0.4, -0.2) is 48.4 Å². The third-order valence-electron chi connectivity index (χ3n) is 8.34. The zero-order valence-corrected chi connectivity index (χ0v) is 19.7. The Morgan fingerprint density at radius 1 is 1.09 bits per heavy atom. The fourth-order valence-corrected chi connectivity index (χ4v) is 6.12. The molecule has 1 unspecified atom stereocenters. The van der Waals surface area contributed by atoms with Crippen LogP contribution in [0.3, 0.4) is 0 Å². The molecule has 0 aromatic heterocycles. The number of hydrogen-bond donors (Lipinski definition) is 1. The molecule has 1 N–H and O–H groups in total. The van der Waals surface area contributed by atoms with Crippen LogP contribution in [0.2, 0.25) is 0 Å². The molecule has 2 saturated heterocycles. The highest BCUT2D eigenvalue weighted by Crippen LogP contribution is 2.46. The third-order valence-corrected chi connectivity index (χ3v) is 8.34. The lowest BCUT2D eigenvalue weighted by molar-refractivity contribution is -0.138. The minimum atomic E-state index is -4.66. The number of amides is 2. The molecule has 5 rings (SSSR count). The van der Waals surface area contributed by atoms with E-state index in [1.165, 1.54) is 12.1 Å². The van der Waals surface area contributed by atoms with Gasteiger partial charge in [0.25, 0.3) is 0 Å². The normalized spacial score (nSPS) is 24.6. The summed E-state index contributed by atoms with van der Waals surface area (Å²) in [4.78, 5) is 29.8. The van der Waals surface area contributed by atoms with Crippen LogP contribution < -0.4 is 10.2 Å². The molecule has 188 valence electrons. The predicted molar refractivity (Wildman–Crippen MR) is 123 cm³/mol. The maximum absolute atomic E-state index is 13.6. The number of nitriles is 1. The number of anilines is 1. The predicted octanol–water partition coefficient (Wildman–Crippen LogP) is 4.23. The van der Waals surface area contributed by atoms with Crippen LogP contribution in [0.15, 0.2) is 18.2 Å². The van der Waals surface area contributed by atoms with Gasteiger partial charge in [0.05, 0.1) is 17.2 Å². The van der Waals surface area contributed by atoms with Crippen molar-refractivity contribution in [1.29, 1.82) is 5.26 Å². The summed E-state index contributed by atoms with van der Waals surface area (Å²) < 4.78 is 40.9. The summed E-state index contributed by atoms with van der Waals surface area (Å²) in [5.41, 5.74) is -1.32. The van der Waals surface area contributed by atoms with Gasteiger partial charge in [-0.05, 0) is 68.6 Å². The highest BCUT2D eigenvalue weighted by atomic mass is 19.4.